The molecule has 6 nitrogen and oxygen atoms in total. The Morgan fingerprint density at radius 2 is 1.73 bits per heavy atom. The number of carbonyl (C=O) groups excluding carboxylic acids is 2. The third-order valence-electron chi connectivity index (χ3n) is 9.06. The zero-order valence-electron chi connectivity index (χ0n) is 27.3. The zero-order valence-corrected chi connectivity index (χ0v) is 28.0. The number of hydrogen-bond acceptors (Lipinski definition) is 3. The van der Waals surface area contributed by atoms with Gasteiger partial charge in [0.05, 0.1) is 6.04 Å². The Balaban J connectivity index is 1.81. The van der Waals surface area contributed by atoms with Crippen molar-refractivity contribution in [2.45, 2.75) is 79.0 Å². The minimum Gasteiger partial charge on any atom is -0.444 e. The summed E-state index contributed by atoms with van der Waals surface area (Å²) in [5.74, 6) is -1.44. The maximum atomic E-state index is 15.1. The van der Waals surface area contributed by atoms with Gasteiger partial charge in [0.1, 0.15) is 23.1 Å². The fourth-order valence-corrected chi connectivity index (χ4v) is 6.40. The van der Waals surface area contributed by atoms with Gasteiger partial charge in [-0.15, -0.1) is 11.6 Å². The van der Waals surface area contributed by atoms with Gasteiger partial charge in [0.2, 0.25) is 5.91 Å². The van der Waals surface area contributed by atoms with Gasteiger partial charge in [0.15, 0.2) is 0 Å². The van der Waals surface area contributed by atoms with E-state index in [1.54, 1.807) is 4.90 Å². The molecule has 9 heteroatoms. The second-order valence-corrected chi connectivity index (χ2v) is 13.7. The van der Waals surface area contributed by atoms with E-state index in [4.69, 9.17) is 16.3 Å². The van der Waals surface area contributed by atoms with Crippen LogP contribution in [0.3, 0.4) is 0 Å². The highest BCUT2D eigenvalue weighted by atomic mass is 35.5. The van der Waals surface area contributed by atoms with Gasteiger partial charge in [-0.25, -0.2) is 13.6 Å². The first kappa shape index (κ1) is 34.5. The molecule has 0 radical (unpaired) electrons. The summed E-state index contributed by atoms with van der Waals surface area (Å²) in [6.45, 7) is 13.8. The Morgan fingerprint density at radius 1 is 1.04 bits per heavy atom. The van der Waals surface area contributed by atoms with Crippen molar-refractivity contribution in [1.29, 1.82) is 0 Å². The number of alkyl halides is 1. The third kappa shape index (κ3) is 8.26. The lowest BCUT2D eigenvalue weighted by Gasteiger charge is -2.45. The highest BCUT2D eigenvalue weighted by Gasteiger charge is 2.42. The number of rotatable bonds is 11. The molecule has 2 amide bonds. The lowest BCUT2D eigenvalue weighted by Crippen LogP contribution is -2.47. The van der Waals surface area contributed by atoms with E-state index in [1.165, 1.54) is 6.07 Å². The van der Waals surface area contributed by atoms with E-state index < -0.39 is 23.3 Å². The number of carbonyl (C=O) groups is 2. The molecule has 2 heterocycles. The number of ether oxygens (including phenoxy) is 1. The van der Waals surface area contributed by atoms with E-state index in [0.717, 1.165) is 42.7 Å². The molecule has 2 aromatic carbocycles. The molecule has 0 bridgehead atoms. The van der Waals surface area contributed by atoms with Crippen LogP contribution in [0.15, 0.2) is 60.8 Å². The van der Waals surface area contributed by atoms with Crippen molar-refractivity contribution in [3.8, 4) is 11.1 Å². The number of aromatic nitrogens is 1. The van der Waals surface area contributed by atoms with Gasteiger partial charge in [-0.05, 0) is 81.2 Å². The van der Waals surface area contributed by atoms with Crippen LogP contribution in [0, 0.1) is 23.0 Å². The van der Waals surface area contributed by atoms with Crippen molar-refractivity contribution >= 4 is 23.6 Å². The van der Waals surface area contributed by atoms with Crippen molar-refractivity contribution in [2.24, 2.45) is 11.3 Å². The van der Waals surface area contributed by atoms with E-state index in [9.17, 15) is 14.0 Å². The number of amides is 2. The Morgan fingerprint density at radius 3 is 2.36 bits per heavy atom. The predicted molar refractivity (Wildman–Crippen MR) is 175 cm³/mol. The molecule has 1 fully saturated rings. The van der Waals surface area contributed by atoms with E-state index in [0.29, 0.717) is 31.7 Å². The first-order valence-electron chi connectivity index (χ1n) is 15.8. The lowest BCUT2D eigenvalue weighted by molar-refractivity contribution is -0.135. The summed E-state index contributed by atoms with van der Waals surface area (Å²) < 4.78 is 37.1. The summed E-state index contributed by atoms with van der Waals surface area (Å²) >= 11 is 6.29. The standard InChI is InChI=1S/C36H46ClF2N3O3/c1-7-36(6,8-2)33(42(32(43)20-37)23-26-16-17-40(22-26)34(44)45-35(3,4)5)31-18-27(29-19-28(38)14-15-30(29)39)24-41(31)21-25-12-10-9-11-13-25/h9-15,18-19,24,26,33H,7-8,16-17,20-23H2,1-6H3/t26?,33-/m0/s1. The number of nitrogens with zero attached hydrogens (tertiary/aromatic N) is 3. The summed E-state index contributed by atoms with van der Waals surface area (Å²) in [6.07, 6.45) is 3.73. The summed E-state index contributed by atoms with van der Waals surface area (Å²) in [4.78, 5) is 30.2. The van der Waals surface area contributed by atoms with Crippen molar-refractivity contribution in [2.75, 3.05) is 25.5 Å². The monoisotopic (exact) mass is 641 g/mol. The summed E-state index contributed by atoms with van der Waals surface area (Å²) in [7, 11) is 0. The molecular formula is C36H46ClF2N3O3. The van der Waals surface area contributed by atoms with Gasteiger partial charge in [-0.2, -0.15) is 0 Å². The quantitative estimate of drug-likeness (QED) is 0.197. The third-order valence-corrected chi connectivity index (χ3v) is 9.29. The number of halogens is 3. The molecule has 1 saturated heterocycles. The van der Waals surface area contributed by atoms with E-state index in [2.05, 4.69) is 25.3 Å². The van der Waals surface area contributed by atoms with Crippen LogP contribution in [-0.4, -0.2) is 57.5 Å². The average molecular weight is 642 g/mol. The SMILES string of the molecule is CCC(C)(CC)[C@H](c1cc(-c2cc(F)ccc2F)cn1Cc1ccccc1)N(CC1CCN(C(=O)OC(C)(C)C)C1)C(=O)CCl. The topological polar surface area (TPSA) is 54.8 Å². The van der Waals surface area contributed by atoms with Crippen molar-refractivity contribution in [3.05, 3.63) is 83.7 Å². The van der Waals surface area contributed by atoms with E-state index in [1.807, 2.05) is 68.3 Å². The van der Waals surface area contributed by atoms with Gasteiger partial charge in [0, 0.05) is 49.2 Å². The smallest absolute Gasteiger partial charge is 0.410 e. The molecule has 1 aromatic heterocycles. The van der Waals surface area contributed by atoms with Gasteiger partial charge in [0.25, 0.3) is 0 Å². The van der Waals surface area contributed by atoms with Crippen LogP contribution < -0.4 is 0 Å². The first-order chi connectivity index (χ1) is 21.3. The van der Waals surface area contributed by atoms with Crippen LogP contribution in [0.1, 0.15) is 78.1 Å². The molecule has 1 aliphatic heterocycles. The Kier molecular flexibility index (Phi) is 11.0. The molecular weight excluding hydrogens is 596 g/mol. The maximum Gasteiger partial charge on any atom is 0.410 e. The minimum atomic E-state index is -0.603. The summed E-state index contributed by atoms with van der Waals surface area (Å²) in [5.41, 5.74) is 1.57. The van der Waals surface area contributed by atoms with Crippen molar-refractivity contribution in [3.63, 3.8) is 0 Å². The van der Waals surface area contributed by atoms with Gasteiger partial charge in [-0.1, -0.05) is 51.1 Å². The second-order valence-electron chi connectivity index (χ2n) is 13.4. The second kappa shape index (κ2) is 14.4. The zero-order chi connectivity index (χ0) is 32.9. The fraction of sp³-hybridized carbons (Fsp3) is 0.500. The largest absolute Gasteiger partial charge is 0.444 e. The number of likely N-dealkylation sites (tertiary alicyclic amines) is 1. The van der Waals surface area contributed by atoms with Crippen LogP contribution >= 0.6 is 11.6 Å². The van der Waals surface area contributed by atoms with Crippen molar-refractivity contribution in [1.82, 2.24) is 14.4 Å². The Labute approximate surface area is 271 Å². The van der Waals surface area contributed by atoms with Crippen LogP contribution in [0.25, 0.3) is 11.1 Å². The molecule has 0 spiro atoms. The minimum absolute atomic E-state index is 0.0165. The molecule has 2 atom stereocenters. The maximum absolute atomic E-state index is 15.1. The Hall–Kier alpha value is -3.39. The summed E-state index contributed by atoms with van der Waals surface area (Å²) in [5, 5.41) is 0. The summed E-state index contributed by atoms with van der Waals surface area (Å²) in [6, 6.07) is 14.8. The fourth-order valence-electron chi connectivity index (χ4n) is 6.25. The highest BCUT2D eigenvalue weighted by molar-refractivity contribution is 6.27. The van der Waals surface area contributed by atoms with Crippen LogP contribution in [0.5, 0.6) is 0 Å². The molecule has 1 aliphatic rings. The van der Waals surface area contributed by atoms with Gasteiger partial charge < -0.3 is 19.1 Å². The predicted octanol–water partition coefficient (Wildman–Crippen LogP) is 8.67. The first-order valence-corrected chi connectivity index (χ1v) is 16.3. The molecule has 0 saturated carbocycles. The van der Waals surface area contributed by atoms with Crippen LogP contribution in [0.4, 0.5) is 13.6 Å². The van der Waals surface area contributed by atoms with Crippen LogP contribution in [-0.2, 0) is 16.1 Å². The molecule has 1 unspecified atom stereocenters. The molecule has 45 heavy (non-hydrogen) atoms. The lowest BCUT2D eigenvalue weighted by atomic mass is 9.74. The molecule has 0 N–H and O–H groups in total. The molecule has 244 valence electrons. The van der Waals surface area contributed by atoms with E-state index in [-0.39, 0.29) is 34.8 Å². The van der Waals surface area contributed by atoms with Crippen LogP contribution in [0.2, 0.25) is 0 Å². The number of benzene rings is 2. The normalized spacial score (nSPS) is 16.1. The van der Waals surface area contributed by atoms with Gasteiger partial charge in [-0.3, -0.25) is 4.79 Å². The number of hydrogen-bond donors (Lipinski definition) is 0. The van der Waals surface area contributed by atoms with Crippen molar-refractivity contribution < 1.29 is 23.1 Å². The average Bonchev–Trinajstić information content (AvgIpc) is 3.64. The molecule has 0 aliphatic carbocycles. The van der Waals surface area contributed by atoms with E-state index >= 15 is 4.39 Å². The Bertz CT molecular complexity index is 1470. The van der Waals surface area contributed by atoms with Gasteiger partial charge >= 0.3 is 6.09 Å². The molecule has 4 rings (SSSR count). The molecule has 3 aromatic rings. The highest BCUT2D eigenvalue weighted by Crippen LogP contribution is 2.46.